The summed E-state index contributed by atoms with van der Waals surface area (Å²) in [6.07, 6.45) is -1.37. The number of carbonyl (C=O) groups excluding carboxylic acids is 1. The molecule has 0 atom stereocenters. The average molecular weight is 461 g/mol. The molecule has 5 rings (SSSR count). The van der Waals surface area contributed by atoms with Crippen molar-refractivity contribution >= 4 is 16.8 Å². The van der Waals surface area contributed by atoms with E-state index in [1.807, 2.05) is 36.4 Å². The summed E-state index contributed by atoms with van der Waals surface area (Å²) in [4.78, 5) is 20.4. The van der Waals surface area contributed by atoms with Crippen molar-refractivity contribution in [2.75, 3.05) is 0 Å². The minimum Gasteiger partial charge on any atom is -0.353 e. The normalized spacial score (nSPS) is 11.6. The third-order valence-electron chi connectivity index (χ3n) is 5.31. The topological polar surface area (TPSA) is 75.6 Å². The molecule has 5 aromatic rings. The molecule has 0 radical (unpaired) electrons. The number of hydrogen-bond donors (Lipinski definition) is 2. The monoisotopic (exact) mass is 461 g/mol. The van der Waals surface area contributed by atoms with Crippen LogP contribution in [0.4, 0.5) is 13.2 Å². The number of rotatable bonds is 5. The van der Waals surface area contributed by atoms with E-state index in [0.717, 1.165) is 28.7 Å². The second-order valence-corrected chi connectivity index (χ2v) is 7.70. The number of aromatic amines is 1. The molecule has 0 aliphatic rings. The second kappa shape index (κ2) is 8.51. The van der Waals surface area contributed by atoms with Gasteiger partial charge in [0.15, 0.2) is 0 Å². The fourth-order valence-corrected chi connectivity index (χ4v) is 3.61. The minimum absolute atomic E-state index is 0.149. The van der Waals surface area contributed by atoms with Crippen LogP contribution in [0.3, 0.4) is 0 Å². The van der Waals surface area contributed by atoms with E-state index in [2.05, 4.69) is 20.4 Å². The van der Waals surface area contributed by atoms with Crippen LogP contribution in [0.15, 0.2) is 85.2 Å². The van der Waals surface area contributed by atoms with Crippen molar-refractivity contribution in [1.29, 1.82) is 0 Å². The molecular formula is C25H18F3N5O. The Morgan fingerprint density at radius 1 is 1.00 bits per heavy atom. The van der Waals surface area contributed by atoms with Gasteiger partial charge in [0, 0.05) is 29.2 Å². The number of hydrogen-bond acceptors (Lipinski definition) is 3. The molecule has 3 aromatic heterocycles. The Morgan fingerprint density at radius 3 is 2.65 bits per heavy atom. The van der Waals surface area contributed by atoms with Crippen molar-refractivity contribution in [2.24, 2.45) is 0 Å². The molecule has 170 valence electrons. The highest BCUT2D eigenvalue weighted by atomic mass is 19.4. The predicted molar refractivity (Wildman–Crippen MR) is 121 cm³/mol. The van der Waals surface area contributed by atoms with Crippen LogP contribution in [-0.2, 0) is 12.7 Å². The lowest BCUT2D eigenvalue weighted by molar-refractivity contribution is -0.137. The summed E-state index contributed by atoms with van der Waals surface area (Å²) in [5, 5.41) is 7.94. The summed E-state index contributed by atoms with van der Waals surface area (Å²) in [5.74, 6) is -0.371. The van der Waals surface area contributed by atoms with E-state index in [4.69, 9.17) is 0 Å². The summed E-state index contributed by atoms with van der Waals surface area (Å²) in [7, 11) is 0. The standard InChI is InChI=1S/C25H18F3N5O/c26-25(27,28)18-6-3-7-19(12-18)33-15-16(14-30-33)13-29-24(34)22-10-4-9-21(32-22)23-11-17-5-1-2-8-20(17)31-23/h1-12,14-15,31H,13H2,(H,29,34). The first-order valence-corrected chi connectivity index (χ1v) is 10.4. The van der Waals surface area contributed by atoms with Gasteiger partial charge in [-0.2, -0.15) is 18.3 Å². The molecule has 0 fully saturated rings. The zero-order chi connectivity index (χ0) is 23.7. The molecular weight excluding hydrogens is 443 g/mol. The molecule has 2 aromatic carbocycles. The molecule has 0 saturated heterocycles. The van der Waals surface area contributed by atoms with Crippen LogP contribution < -0.4 is 5.32 Å². The highest BCUT2D eigenvalue weighted by molar-refractivity contribution is 5.93. The predicted octanol–water partition coefficient (Wildman–Crippen LogP) is 5.36. The SMILES string of the molecule is O=C(NCc1cnn(-c2cccc(C(F)(F)F)c2)c1)c1cccc(-c2cc3ccccc3[nH]2)n1. The number of halogens is 3. The quantitative estimate of drug-likeness (QED) is 0.370. The van der Waals surface area contributed by atoms with Gasteiger partial charge in [0.25, 0.3) is 5.91 Å². The number of pyridine rings is 1. The van der Waals surface area contributed by atoms with Gasteiger partial charge < -0.3 is 10.3 Å². The van der Waals surface area contributed by atoms with E-state index >= 15 is 0 Å². The summed E-state index contributed by atoms with van der Waals surface area (Å²) in [6, 6.07) is 19.9. The molecule has 0 aliphatic carbocycles. The number of nitrogens with one attached hydrogen (secondary N) is 2. The zero-order valence-electron chi connectivity index (χ0n) is 17.7. The fraction of sp³-hybridized carbons (Fsp3) is 0.0800. The van der Waals surface area contributed by atoms with Gasteiger partial charge in [-0.1, -0.05) is 30.3 Å². The van der Waals surface area contributed by atoms with Crippen LogP contribution in [0.25, 0.3) is 28.0 Å². The Labute approximate surface area is 192 Å². The highest BCUT2D eigenvalue weighted by Crippen LogP contribution is 2.30. The van der Waals surface area contributed by atoms with Crippen LogP contribution >= 0.6 is 0 Å². The van der Waals surface area contributed by atoms with E-state index in [9.17, 15) is 18.0 Å². The number of para-hydroxylation sites is 1. The smallest absolute Gasteiger partial charge is 0.353 e. The number of aromatic nitrogens is 4. The maximum Gasteiger partial charge on any atom is 0.416 e. The Kier molecular flexibility index (Phi) is 5.37. The summed E-state index contributed by atoms with van der Waals surface area (Å²) >= 11 is 0. The third-order valence-corrected chi connectivity index (χ3v) is 5.31. The van der Waals surface area contributed by atoms with Gasteiger partial charge in [0.05, 0.1) is 28.8 Å². The van der Waals surface area contributed by atoms with Crippen LogP contribution in [0, 0.1) is 0 Å². The number of fused-ring (bicyclic) bond motifs is 1. The molecule has 6 nitrogen and oxygen atoms in total. The first kappa shape index (κ1) is 21.4. The van der Waals surface area contributed by atoms with E-state index < -0.39 is 11.7 Å². The highest BCUT2D eigenvalue weighted by Gasteiger charge is 2.30. The van der Waals surface area contributed by atoms with Gasteiger partial charge in [-0.3, -0.25) is 4.79 Å². The summed E-state index contributed by atoms with van der Waals surface area (Å²) in [5.41, 5.74) is 2.83. The molecule has 9 heteroatoms. The number of benzene rings is 2. The number of H-pyrrole nitrogens is 1. The van der Waals surface area contributed by atoms with Gasteiger partial charge in [-0.05, 0) is 42.5 Å². The Hall–Kier alpha value is -4.40. The third kappa shape index (κ3) is 4.40. The molecule has 2 N–H and O–H groups in total. The average Bonchev–Trinajstić information content (AvgIpc) is 3.49. The molecule has 1 amide bonds. The van der Waals surface area contributed by atoms with Crippen molar-refractivity contribution < 1.29 is 18.0 Å². The van der Waals surface area contributed by atoms with Crippen molar-refractivity contribution in [3.63, 3.8) is 0 Å². The van der Waals surface area contributed by atoms with E-state index in [0.29, 0.717) is 11.3 Å². The first-order valence-electron chi connectivity index (χ1n) is 10.4. The van der Waals surface area contributed by atoms with Gasteiger partial charge >= 0.3 is 6.18 Å². The van der Waals surface area contributed by atoms with Crippen LogP contribution in [0.2, 0.25) is 0 Å². The number of amides is 1. The fourth-order valence-electron chi connectivity index (χ4n) is 3.61. The maximum atomic E-state index is 13.0. The van der Waals surface area contributed by atoms with Crippen molar-refractivity contribution in [2.45, 2.75) is 12.7 Å². The lowest BCUT2D eigenvalue weighted by atomic mass is 10.2. The molecule has 0 saturated carbocycles. The number of alkyl halides is 3. The maximum absolute atomic E-state index is 13.0. The van der Waals surface area contributed by atoms with E-state index in [-0.39, 0.29) is 23.8 Å². The molecule has 34 heavy (non-hydrogen) atoms. The largest absolute Gasteiger partial charge is 0.416 e. The minimum atomic E-state index is -4.44. The van der Waals surface area contributed by atoms with Gasteiger partial charge in [-0.25, -0.2) is 9.67 Å². The zero-order valence-corrected chi connectivity index (χ0v) is 17.7. The molecule has 0 aliphatic heterocycles. The molecule has 3 heterocycles. The van der Waals surface area contributed by atoms with Crippen LogP contribution in [-0.4, -0.2) is 25.7 Å². The lowest BCUT2D eigenvalue weighted by Gasteiger charge is -2.08. The van der Waals surface area contributed by atoms with Gasteiger partial charge in [0.1, 0.15) is 5.69 Å². The molecule has 0 spiro atoms. The van der Waals surface area contributed by atoms with Gasteiger partial charge in [0.2, 0.25) is 0 Å². The lowest BCUT2D eigenvalue weighted by Crippen LogP contribution is -2.23. The van der Waals surface area contributed by atoms with Crippen molar-refractivity contribution in [3.05, 3.63) is 102 Å². The Morgan fingerprint density at radius 2 is 1.82 bits per heavy atom. The number of nitrogens with zero attached hydrogens (tertiary/aromatic N) is 3. The summed E-state index contributed by atoms with van der Waals surface area (Å²) < 4.78 is 40.2. The van der Waals surface area contributed by atoms with Crippen LogP contribution in [0.1, 0.15) is 21.6 Å². The van der Waals surface area contributed by atoms with Crippen LogP contribution in [0.5, 0.6) is 0 Å². The van der Waals surface area contributed by atoms with E-state index in [1.54, 1.807) is 18.3 Å². The molecule has 0 unspecified atom stereocenters. The first-order chi connectivity index (χ1) is 16.4. The van der Waals surface area contributed by atoms with Crippen molar-refractivity contribution in [3.8, 4) is 17.1 Å². The van der Waals surface area contributed by atoms with E-state index in [1.165, 1.54) is 23.0 Å². The number of carbonyl (C=O) groups is 1. The Bertz CT molecular complexity index is 1450. The summed E-state index contributed by atoms with van der Waals surface area (Å²) in [6.45, 7) is 0.149. The molecule has 0 bridgehead atoms. The second-order valence-electron chi connectivity index (χ2n) is 7.70. The van der Waals surface area contributed by atoms with Crippen molar-refractivity contribution in [1.82, 2.24) is 25.1 Å². The Balaban J connectivity index is 1.28. The van der Waals surface area contributed by atoms with Gasteiger partial charge in [-0.15, -0.1) is 0 Å².